The summed E-state index contributed by atoms with van der Waals surface area (Å²) in [6.07, 6.45) is 2.20. The molecular formula is C12H16Cl2N2S. The van der Waals surface area contributed by atoms with Gasteiger partial charge in [0.25, 0.3) is 0 Å². The lowest BCUT2D eigenvalue weighted by Crippen LogP contribution is -2.35. The summed E-state index contributed by atoms with van der Waals surface area (Å²) in [5.41, 5.74) is 0.761. The second-order valence-corrected chi connectivity index (χ2v) is 5.16. The molecular weight excluding hydrogens is 275 g/mol. The Morgan fingerprint density at radius 2 is 2.12 bits per heavy atom. The molecule has 0 radical (unpaired) electrons. The lowest BCUT2D eigenvalue weighted by Gasteiger charge is -2.16. The molecule has 0 amide bonds. The number of nitrogens with one attached hydrogen (secondary N) is 2. The maximum atomic E-state index is 6.04. The minimum Gasteiger partial charge on any atom is -0.360 e. The second kappa shape index (κ2) is 7.04. The van der Waals surface area contributed by atoms with E-state index >= 15 is 0 Å². The highest BCUT2D eigenvalue weighted by atomic mass is 35.5. The molecule has 0 fully saturated rings. The molecule has 0 saturated heterocycles. The van der Waals surface area contributed by atoms with Crippen LogP contribution >= 0.6 is 35.4 Å². The van der Waals surface area contributed by atoms with Crippen LogP contribution in [0.4, 0.5) is 5.69 Å². The summed E-state index contributed by atoms with van der Waals surface area (Å²) in [5.74, 6) is 0. The largest absolute Gasteiger partial charge is 0.360 e. The topological polar surface area (TPSA) is 24.1 Å². The van der Waals surface area contributed by atoms with Crippen molar-refractivity contribution in [3.63, 3.8) is 0 Å². The molecule has 1 atom stereocenters. The van der Waals surface area contributed by atoms with Gasteiger partial charge in [0, 0.05) is 11.1 Å². The van der Waals surface area contributed by atoms with Gasteiger partial charge < -0.3 is 10.6 Å². The summed E-state index contributed by atoms with van der Waals surface area (Å²) in [6.45, 7) is 4.24. The molecule has 0 aromatic heterocycles. The third kappa shape index (κ3) is 5.11. The van der Waals surface area contributed by atoms with Gasteiger partial charge in [0.05, 0.1) is 10.7 Å². The number of thiocarbonyl (C=S) groups is 1. The zero-order valence-corrected chi connectivity index (χ0v) is 12.2. The number of benzene rings is 1. The van der Waals surface area contributed by atoms with E-state index in [1.54, 1.807) is 12.1 Å². The van der Waals surface area contributed by atoms with E-state index in [9.17, 15) is 0 Å². The van der Waals surface area contributed by atoms with Crippen LogP contribution in [-0.2, 0) is 0 Å². The Morgan fingerprint density at radius 1 is 1.41 bits per heavy atom. The van der Waals surface area contributed by atoms with Crippen molar-refractivity contribution in [2.24, 2.45) is 0 Å². The fourth-order valence-corrected chi connectivity index (χ4v) is 2.25. The zero-order valence-electron chi connectivity index (χ0n) is 9.89. The van der Waals surface area contributed by atoms with Crippen molar-refractivity contribution in [1.82, 2.24) is 5.32 Å². The minimum atomic E-state index is 0.353. The molecule has 0 heterocycles. The van der Waals surface area contributed by atoms with Crippen molar-refractivity contribution in [2.75, 3.05) is 5.32 Å². The van der Waals surface area contributed by atoms with Gasteiger partial charge in [-0.05, 0) is 43.8 Å². The number of hydrogen-bond acceptors (Lipinski definition) is 1. The van der Waals surface area contributed by atoms with Crippen molar-refractivity contribution in [3.05, 3.63) is 28.2 Å². The second-order valence-electron chi connectivity index (χ2n) is 3.91. The van der Waals surface area contributed by atoms with E-state index in [1.807, 2.05) is 6.07 Å². The van der Waals surface area contributed by atoms with Crippen molar-refractivity contribution in [2.45, 2.75) is 32.7 Å². The Balaban J connectivity index is 2.56. The Morgan fingerprint density at radius 3 is 2.71 bits per heavy atom. The number of anilines is 1. The molecule has 0 aliphatic rings. The smallest absolute Gasteiger partial charge is 0.171 e. The maximum Gasteiger partial charge on any atom is 0.171 e. The highest BCUT2D eigenvalue weighted by Crippen LogP contribution is 2.25. The lowest BCUT2D eigenvalue weighted by molar-refractivity contribution is 0.599. The van der Waals surface area contributed by atoms with Gasteiger partial charge in [-0.2, -0.15) is 0 Å². The highest BCUT2D eigenvalue weighted by molar-refractivity contribution is 7.80. The van der Waals surface area contributed by atoms with Gasteiger partial charge in [-0.1, -0.05) is 36.5 Å². The third-order valence-electron chi connectivity index (χ3n) is 2.28. The first kappa shape index (κ1) is 14.6. The summed E-state index contributed by atoms with van der Waals surface area (Å²) >= 11 is 17.1. The Kier molecular flexibility index (Phi) is 6.03. The average Bonchev–Trinajstić information content (AvgIpc) is 2.22. The van der Waals surface area contributed by atoms with E-state index < -0.39 is 0 Å². The first-order chi connectivity index (χ1) is 8.02. The molecule has 2 nitrogen and oxygen atoms in total. The average molecular weight is 291 g/mol. The molecule has 94 valence electrons. The van der Waals surface area contributed by atoms with Gasteiger partial charge >= 0.3 is 0 Å². The van der Waals surface area contributed by atoms with E-state index in [1.165, 1.54) is 0 Å². The SMILES string of the molecule is CCCC(C)NC(=S)Nc1ccc(Cl)cc1Cl. The molecule has 1 unspecified atom stereocenters. The molecule has 0 aliphatic carbocycles. The summed E-state index contributed by atoms with van der Waals surface area (Å²) in [5, 5.41) is 8.01. The first-order valence-electron chi connectivity index (χ1n) is 5.55. The minimum absolute atomic E-state index is 0.353. The van der Waals surface area contributed by atoms with Gasteiger partial charge in [-0.15, -0.1) is 0 Å². The molecule has 1 rings (SSSR count). The van der Waals surface area contributed by atoms with Crippen molar-refractivity contribution in [3.8, 4) is 0 Å². The van der Waals surface area contributed by atoms with Crippen LogP contribution in [0.1, 0.15) is 26.7 Å². The zero-order chi connectivity index (χ0) is 12.8. The Labute approximate surface area is 118 Å². The summed E-state index contributed by atoms with van der Waals surface area (Å²) in [7, 11) is 0. The van der Waals surface area contributed by atoms with Crippen LogP contribution < -0.4 is 10.6 Å². The van der Waals surface area contributed by atoms with Gasteiger partial charge in [0.15, 0.2) is 5.11 Å². The Hall–Kier alpha value is -0.510. The molecule has 1 aromatic rings. The summed E-state index contributed by atoms with van der Waals surface area (Å²) in [4.78, 5) is 0. The van der Waals surface area contributed by atoms with E-state index in [4.69, 9.17) is 35.4 Å². The normalized spacial score (nSPS) is 12.0. The van der Waals surface area contributed by atoms with Crippen LogP contribution in [0.2, 0.25) is 10.0 Å². The standard InChI is InChI=1S/C12H16Cl2N2S/c1-3-4-8(2)15-12(17)16-11-6-5-9(13)7-10(11)14/h5-8H,3-4H2,1-2H3,(H2,15,16,17). The van der Waals surface area contributed by atoms with Crippen molar-refractivity contribution >= 4 is 46.2 Å². The molecule has 1 aromatic carbocycles. The number of hydrogen-bond donors (Lipinski definition) is 2. The van der Waals surface area contributed by atoms with Gasteiger partial charge in [-0.3, -0.25) is 0 Å². The third-order valence-corrected chi connectivity index (χ3v) is 3.05. The van der Waals surface area contributed by atoms with E-state index in [2.05, 4.69) is 24.5 Å². The fraction of sp³-hybridized carbons (Fsp3) is 0.417. The Bertz CT molecular complexity index is 396. The molecule has 0 spiro atoms. The monoisotopic (exact) mass is 290 g/mol. The van der Waals surface area contributed by atoms with Crippen LogP contribution in [0.5, 0.6) is 0 Å². The van der Waals surface area contributed by atoms with E-state index in [-0.39, 0.29) is 0 Å². The van der Waals surface area contributed by atoms with Crippen molar-refractivity contribution in [1.29, 1.82) is 0 Å². The van der Waals surface area contributed by atoms with Crippen LogP contribution in [-0.4, -0.2) is 11.2 Å². The molecule has 17 heavy (non-hydrogen) atoms. The van der Waals surface area contributed by atoms with Gasteiger partial charge in [-0.25, -0.2) is 0 Å². The highest BCUT2D eigenvalue weighted by Gasteiger charge is 2.06. The molecule has 0 aliphatic heterocycles. The van der Waals surface area contributed by atoms with Gasteiger partial charge in [0.2, 0.25) is 0 Å². The fourth-order valence-electron chi connectivity index (χ4n) is 1.48. The quantitative estimate of drug-likeness (QED) is 0.800. The summed E-state index contributed by atoms with van der Waals surface area (Å²) < 4.78 is 0. The predicted molar refractivity (Wildman–Crippen MR) is 80.2 cm³/mol. The van der Waals surface area contributed by atoms with E-state index in [0.29, 0.717) is 21.2 Å². The van der Waals surface area contributed by atoms with Crippen LogP contribution in [0, 0.1) is 0 Å². The molecule has 0 bridgehead atoms. The molecule has 5 heteroatoms. The summed E-state index contributed by atoms with van der Waals surface area (Å²) in [6, 6.07) is 5.62. The molecule has 0 saturated carbocycles. The van der Waals surface area contributed by atoms with Crippen LogP contribution in [0.3, 0.4) is 0 Å². The predicted octanol–water partition coefficient (Wildman–Crippen LogP) is 4.47. The first-order valence-corrected chi connectivity index (χ1v) is 6.72. The molecule has 2 N–H and O–H groups in total. The number of rotatable bonds is 4. The maximum absolute atomic E-state index is 6.04. The van der Waals surface area contributed by atoms with Crippen LogP contribution in [0.15, 0.2) is 18.2 Å². The van der Waals surface area contributed by atoms with Crippen molar-refractivity contribution < 1.29 is 0 Å². The van der Waals surface area contributed by atoms with E-state index in [0.717, 1.165) is 18.5 Å². The van der Waals surface area contributed by atoms with Gasteiger partial charge in [0.1, 0.15) is 0 Å². The van der Waals surface area contributed by atoms with Crippen LogP contribution in [0.25, 0.3) is 0 Å². The number of halogens is 2. The lowest BCUT2D eigenvalue weighted by atomic mass is 10.2.